The summed E-state index contributed by atoms with van der Waals surface area (Å²) in [6.07, 6.45) is 0. The molecule has 5 heteroatoms. The maximum Gasteiger partial charge on any atom is 0.246 e. The fraction of sp³-hybridized carbons (Fsp3) is 0.188. The van der Waals surface area contributed by atoms with Crippen LogP contribution in [0.5, 0.6) is 0 Å². The highest BCUT2D eigenvalue weighted by Crippen LogP contribution is 2.30. The van der Waals surface area contributed by atoms with Crippen LogP contribution < -0.4 is 10.6 Å². The van der Waals surface area contributed by atoms with E-state index in [-0.39, 0.29) is 5.91 Å². The third kappa shape index (κ3) is 4.13. The lowest BCUT2D eigenvalue weighted by atomic mass is 10.2. The molecule has 0 radical (unpaired) electrons. The number of benzene rings is 2. The predicted molar refractivity (Wildman–Crippen MR) is 89.4 cm³/mol. The third-order valence-electron chi connectivity index (χ3n) is 3.04. The molecular weight excluding hydrogens is 307 g/mol. The van der Waals surface area contributed by atoms with Gasteiger partial charge in [-0.2, -0.15) is 0 Å². The minimum atomic E-state index is -0.469. The van der Waals surface area contributed by atoms with Crippen LogP contribution in [0.1, 0.15) is 12.5 Å². The number of halogens is 2. The van der Waals surface area contributed by atoms with Crippen LogP contribution in [-0.2, 0) is 4.79 Å². The van der Waals surface area contributed by atoms with Crippen LogP contribution in [0.2, 0.25) is 10.0 Å². The fourth-order valence-corrected chi connectivity index (χ4v) is 2.31. The Morgan fingerprint density at radius 2 is 1.62 bits per heavy atom. The van der Waals surface area contributed by atoms with Gasteiger partial charge in [-0.05, 0) is 38.1 Å². The van der Waals surface area contributed by atoms with Crippen LogP contribution in [0.4, 0.5) is 11.4 Å². The Morgan fingerprint density at radius 3 is 2.19 bits per heavy atom. The topological polar surface area (TPSA) is 41.1 Å². The van der Waals surface area contributed by atoms with Crippen molar-refractivity contribution in [2.24, 2.45) is 0 Å². The maximum atomic E-state index is 12.2. The van der Waals surface area contributed by atoms with Crippen LogP contribution in [-0.4, -0.2) is 11.9 Å². The number of hydrogen-bond acceptors (Lipinski definition) is 2. The zero-order valence-corrected chi connectivity index (χ0v) is 13.3. The van der Waals surface area contributed by atoms with Gasteiger partial charge in [0.15, 0.2) is 0 Å². The van der Waals surface area contributed by atoms with E-state index in [2.05, 4.69) is 10.6 Å². The second-order valence-electron chi connectivity index (χ2n) is 4.82. The molecule has 0 saturated carbocycles. The Labute approximate surface area is 134 Å². The summed E-state index contributed by atoms with van der Waals surface area (Å²) in [5.41, 5.74) is 2.46. The average Bonchev–Trinajstić information content (AvgIpc) is 2.45. The van der Waals surface area contributed by atoms with E-state index in [1.807, 2.05) is 31.2 Å². The van der Waals surface area contributed by atoms with E-state index in [4.69, 9.17) is 23.2 Å². The van der Waals surface area contributed by atoms with E-state index in [9.17, 15) is 4.79 Å². The minimum absolute atomic E-state index is 0.158. The summed E-state index contributed by atoms with van der Waals surface area (Å²) in [6.45, 7) is 3.75. The van der Waals surface area contributed by atoms with E-state index in [0.29, 0.717) is 15.7 Å². The first kappa shape index (κ1) is 15.7. The van der Waals surface area contributed by atoms with Gasteiger partial charge in [0.1, 0.15) is 6.04 Å². The van der Waals surface area contributed by atoms with Gasteiger partial charge in [0.05, 0.1) is 15.7 Å². The van der Waals surface area contributed by atoms with Gasteiger partial charge in [-0.1, -0.05) is 47.0 Å². The lowest BCUT2D eigenvalue weighted by molar-refractivity contribution is -0.116. The Morgan fingerprint density at radius 1 is 1.05 bits per heavy atom. The Balaban J connectivity index is 2.04. The smallest absolute Gasteiger partial charge is 0.246 e. The zero-order chi connectivity index (χ0) is 15.4. The molecule has 1 amide bonds. The summed E-state index contributed by atoms with van der Waals surface area (Å²) < 4.78 is 0. The maximum absolute atomic E-state index is 12.2. The molecule has 110 valence electrons. The normalized spacial score (nSPS) is 11.8. The summed E-state index contributed by atoms with van der Waals surface area (Å²) in [5, 5.41) is 6.84. The first-order valence-corrected chi connectivity index (χ1v) is 7.31. The highest BCUT2D eigenvalue weighted by Gasteiger charge is 2.15. The van der Waals surface area contributed by atoms with Gasteiger partial charge in [-0.25, -0.2) is 0 Å². The summed E-state index contributed by atoms with van der Waals surface area (Å²) >= 11 is 12.2. The number of aryl methyl sites for hydroxylation is 1. The van der Waals surface area contributed by atoms with Crippen LogP contribution in [0.25, 0.3) is 0 Å². The number of hydrogen-bond donors (Lipinski definition) is 2. The molecule has 2 N–H and O–H groups in total. The molecule has 0 aliphatic heterocycles. The zero-order valence-electron chi connectivity index (χ0n) is 11.8. The number of carbonyl (C=O) groups is 1. The molecule has 0 heterocycles. The third-order valence-corrected chi connectivity index (χ3v) is 3.67. The van der Waals surface area contributed by atoms with Gasteiger partial charge < -0.3 is 10.6 Å². The second-order valence-corrected chi connectivity index (χ2v) is 5.63. The molecule has 2 aromatic carbocycles. The standard InChI is InChI=1S/C16H16Cl2N2O/c1-10-6-8-12(9-7-10)20-16(21)11(2)19-15-13(17)4-3-5-14(15)18/h3-9,11,19H,1-2H3,(H,20,21). The Bertz CT molecular complexity index is 621. The monoisotopic (exact) mass is 322 g/mol. The molecule has 0 aromatic heterocycles. The predicted octanol–water partition coefficient (Wildman–Crippen LogP) is 4.74. The van der Waals surface area contributed by atoms with Crippen molar-refractivity contribution in [3.63, 3.8) is 0 Å². The Kier molecular flexibility index (Phi) is 5.10. The second kappa shape index (κ2) is 6.83. The molecule has 0 spiro atoms. The number of carbonyl (C=O) groups excluding carboxylic acids is 1. The van der Waals surface area contributed by atoms with Crippen LogP contribution in [0.3, 0.4) is 0 Å². The van der Waals surface area contributed by atoms with Crippen LogP contribution >= 0.6 is 23.2 Å². The van der Waals surface area contributed by atoms with E-state index in [1.54, 1.807) is 25.1 Å². The molecule has 0 fully saturated rings. The van der Waals surface area contributed by atoms with E-state index in [0.717, 1.165) is 11.3 Å². The van der Waals surface area contributed by atoms with Crippen molar-refractivity contribution < 1.29 is 4.79 Å². The first-order valence-electron chi connectivity index (χ1n) is 6.55. The molecule has 0 aliphatic carbocycles. The van der Waals surface area contributed by atoms with Crippen LogP contribution in [0.15, 0.2) is 42.5 Å². The van der Waals surface area contributed by atoms with Crippen LogP contribution in [0, 0.1) is 6.92 Å². The van der Waals surface area contributed by atoms with Crippen molar-refractivity contribution in [3.05, 3.63) is 58.1 Å². The van der Waals surface area contributed by atoms with E-state index in [1.165, 1.54) is 0 Å². The molecule has 0 saturated heterocycles. The van der Waals surface area contributed by atoms with Crippen molar-refractivity contribution in [1.82, 2.24) is 0 Å². The van der Waals surface area contributed by atoms with Gasteiger partial charge in [-0.3, -0.25) is 4.79 Å². The van der Waals surface area contributed by atoms with Crippen molar-refractivity contribution in [2.75, 3.05) is 10.6 Å². The quantitative estimate of drug-likeness (QED) is 0.853. The molecule has 2 rings (SSSR count). The molecule has 0 aliphatic rings. The molecule has 1 unspecified atom stereocenters. The van der Waals surface area contributed by atoms with Gasteiger partial charge >= 0.3 is 0 Å². The van der Waals surface area contributed by atoms with E-state index >= 15 is 0 Å². The number of anilines is 2. The van der Waals surface area contributed by atoms with Crippen molar-refractivity contribution in [1.29, 1.82) is 0 Å². The molecule has 1 atom stereocenters. The van der Waals surface area contributed by atoms with Gasteiger partial charge in [0.25, 0.3) is 0 Å². The number of rotatable bonds is 4. The molecule has 3 nitrogen and oxygen atoms in total. The number of para-hydroxylation sites is 1. The molecule has 21 heavy (non-hydrogen) atoms. The highest BCUT2D eigenvalue weighted by molar-refractivity contribution is 6.39. The lowest BCUT2D eigenvalue weighted by Gasteiger charge is -2.17. The van der Waals surface area contributed by atoms with Crippen molar-refractivity contribution >= 4 is 40.5 Å². The summed E-state index contributed by atoms with van der Waals surface area (Å²) in [7, 11) is 0. The van der Waals surface area contributed by atoms with E-state index < -0.39 is 6.04 Å². The lowest BCUT2D eigenvalue weighted by Crippen LogP contribution is -2.32. The summed E-state index contributed by atoms with van der Waals surface area (Å²) in [4.78, 5) is 12.2. The number of amides is 1. The first-order chi connectivity index (χ1) is 9.97. The SMILES string of the molecule is Cc1ccc(NC(=O)C(C)Nc2c(Cl)cccc2Cl)cc1. The minimum Gasteiger partial charge on any atom is -0.371 e. The molecular formula is C16H16Cl2N2O. The number of nitrogens with one attached hydrogen (secondary N) is 2. The fourth-order valence-electron chi connectivity index (χ4n) is 1.81. The van der Waals surface area contributed by atoms with Gasteiger partial charge in [0.2, 0.25) is 5.91 Å². The van der Waals surface area contributed by atoms with Crippen molar-refractivity contribution in [2.45, 2.75) is 19.9 Å². The molecule has 2 aromatic rings. The average molecular weight is 323 g/mol. The van der Waals surface area contributed by atoms with Gasteiger partial charge in [-0.15, -0.1) is 0 Å². The van der Waals surface area contributed by atoms with Crippen molar-refractivity contribution in [3.8, 4) is 0 Å². The highest BCUT2D eigenvalue weighted by atomic mass is 35.5. The van der Waals surface area contributed by atoms with Gasteiger partial charge in [0, 0.05) is 5.69 Å². The largest absolute Gasteiger partial charge is 0.371 e. The molecule has 0 bridgehead atoms. The Hall–Kier alpha value is -1.71. The summed E-state index contributed by atoms with van der Waals surface area (Å²) in [5.74, 6) is -0.158. The summed E-state index contributed by atoms with van der Waals surface area (Å²) in [6, 6.07) is 12.3.